The highest BCUT2D eigenvalue weighted by molar-refractivity contribution is 6.21. The van der Waals surface area contributed by atoms with E-state index in [0.29, 0.717) is 0 Å². The molecule has 0 radical (unpaired) electrons. The fourth-order valence-electron chi connectivity index (χ4n) is 2.98. The molecule has 2 rings (SSSR count). The van der Waals surface area contributed by atoms with Gasteiger partial charge >= 0.3 is 0 Å². The SMILES string of the molecule is Cc1cc(C)c(CC2=CC(Cl)CCCC2)c(C)c1. The average molecular weight is 263 g/mol. The van der Waals surface area contributed by atoms with Crippen molar-refractivity contribution in [1.29, 1.82) is 0 Å². The van der Waals surface area contributed by atoms with Crippen LogP contribution in [0.15, 0.2) is 23.8 Å². The van der Waals surface area contributed by atoms with E-state index in [0.717, 1.165) is 12.8 Å². The smallest absolute Gasteiger partial charge is 0.0518 e. The minimum atomic E-state index is 0.244. The van der Waals surface area contributed by atoms with Crippen molar-refractivity contribution in [1.82, 2.24) is 0 Å². The molecule has 0 aliphatic heterocycles. The van der Waals surface area contributed by atoms with Crippen LogP contribution in [0.25, 0.3) is 0 Å². The summed E-state index contributed by atoms with van der Waals surface area (Å²) >= 11 is 6.31. The van der Waals surface area contributed by atoms with Crippen LogP contribution in [0.1, 0.15) is 47.9 Å². The maximum absolute atomic E-state index is 6.31. The van der Waals surface area contributed by atoms with Crippen molar-refractivity contribution in [3.05, 3.63) is 46.0 Å². The summed E-state index contributed by atoms with van der Waals surface area (Å²) in [6.07, 6.45) is 8.29. The Kier molecular flexibility index (Phi) is 4.50. The molecule has 1 atom stereocenters. The van der Waals surface area contributed by atoms with Crippen LogP contribution in [0.2, 0.25) is 0 Å². The molecule has 1 aliphatic rings. The summed E-state index contributed by atoms with van der Waals surface area (Å²) in [5.74, 6) is 0. The van der Waals surface area contributed by atoms with Gasteiger partial charge in [0, 0.05) is 0 Å². The van der Waals surface area contributed by atoms with Gasteiger partial charge in [0.2, 0.25) is 0 Å². The summed E-state index contributed by atoms with van der Waals surface area (Å²) in [6.45, 7) is 6.62. The Labute approximate surface area is 116 Å². The van der Waals surface area contributed by atoms with Gasteiger partial charge in [-0.05, 0) is 63.1 Å². The number of rotatable bonds is 2. The molecule has 1 aliphatic carbocycles. The lowest BCUT2D eigenvalue weighted by atomic mass is 9.92. The van der Waals surface area contributed by atoms with E-state index in [1.165, 1.54) is 47.1 Å². The standard InChI is InChI=1S/C17H23Cl/c1-12-8-13(2)17(14(3)9-12)11-15-6-4-5-7-16(18)10-15/h8-10,16H,4-7,11H2,1-3H3. The predicted octanol–water partition coefficient (Wildman–Crippen LogP) is 5.26. The summed E-state index contributed by atoms with van der Waals surface area (Å²) in [6, 6.07) is 4.58. The van der Waals surface area contributed by atoms with Gasteiger partial charge in [-0.2, -0.15) is 0 Å². The zero-order chi connectivity index (χ0) is 13.1. The second-order valence-electron chi connectivity index (χ2n) is 5.64. The van der Waals surface area contributed by atoms with Crippen LogP contribution >= 0.6 is 11.6 Å². The minimum absolute atomic E-state index is 0.244. The molecule has 1 aromatic rings. The molecule has 0 N–H and O–H groups in total. The largest absolute Gasteiger partial charge is 0.118 e. The third-order valence-corrected chi connectivity index (χ3v) is 4.23. The van der Waals surface area contributed by atoms with Crippen LogP contribution in [0.5, 0.6) is 0 Å². The summed E-state index contributed by atoms with van der Waals surface area (Å²) in [7, 11) is 0. The zero-order valence-corrected chi connectivity index (χ0v) is 12.5. The number of hydrogen-bond acceptors (Lipinski definition) is 0. The van der Waals surface area contributed by atoms with Crippen molar-refractivity contribution in [3.63, 3.8) is 0 Å². The zero-order valence-electron chi connectivity index (χ0n) is 11.7. The fraction of sp³-hybridized carbons (Fsp3) is 0.529. The van der Waals surface area contributed by atoms with Gasteiger partial charge in [0.25, 0.3) is 0 Å². The maximum Gasteiger partial charge on any atom is 0.0518 e. The van der Waals surface area contributed by atoms with Crippen LogP contribution in [0, 0.1) is 20.8 Å². The van der Waals surface area contributed by atoms with E-state index in [4.69, 9.17) is 11.6 Å². The monoisotopic (exact) mass is 262 g/mol. The first kappa shape index (κ1) is 13.7. The number of halogens is 1. The van der Waals surface area contributed by atoms with Gasteiger partial charge in [-0.25, -0.2) is 0 Å². The lowest BCUT2D eigenvalue weighted by Crippen LogP contribution is -1.99. The Morgan fingerprint density at radius 3 is 2.44 bits per heavy atom. The second-order valence-corrected chi connectivity index (χ2v) is 6.20. The van der Waals surface area contributed by atoms with E-state index in [1.807, 2.05) is 0 Å². The number of alkyl halides is 1. The molecule has 98 valence electrons. The molecule has 18 heavy (non-hydrogen) atoms. The lowest BCUT2D eigenvalue weighted by molar-refractivity contribution is 0.709. The predicted molar refractivity (Wildman–Crippen MR) is 80.5 cm³/mol. The molecule has 0 aromatic heterocycles. The number of hydrogen-bond donors (Lipinski definition) is 0. The van der Waals surface area contributed by atoms with E-state index in [9.17, 15) is 0 Å². The number of aryl methyl sites for hydroxylation is 3. The van der Waals surface area contributed by atoms with E-state index < -0.39 is 0 Å². The molecule has 0 amide bonds. The van der Waals surface area contributed by atoms with Gasteiger partial charge in [-0.3, -0.25) is 0 Å². The van der Waals surface area contributed by atoms with Crippen LogP contribution in [-0.2, 0) is 6.42 Å². The lowest BCUT2D eigenvalue weighted by Gasteiger charge is -2.13. The second kappa shape index (κ2) is 5.93. The number of benzene rings is 1. The highest BCUT2D eigenvalue weighted by atomic mass is 35.5. The van der Waals surface area contributed by atoms with Crippen LogP contribution in [0.4, 0.5) is 0 Å². The summed E-state index contributed by atoms with van der Waals surface area (Å²) in [4.78, 5) is 0. The van der Waals surface area contributed by atoms with Crippen LogP contribution < -0.4 is 0 Å². The third kappa shape index (κ3) is 3.38. The molecule has 0 bridgehead atoms. The highest BCUT2D eigenvalue weighted by Crippen LogP contribution is 2.26. The maximum atomic E-state index is 6.31. The normalized spacial score (nSPS) is 20.4. The molecular formula is C17H23Cl. The van der Waals surface area contributed by atoms with E-state index in [-0.39, 0.29) is 5.38 Å². The Balaban J connectivity index is 2.23. The van der Waals surface area contributed by atoms with Gasteiger partial charge in [0.15, 0.2) is 0 Å². The highest BCUT2D eigenvalue weighted by Gasteiger charge is 2.12. The van der Waals surface area contributed by atoms with Gasteiger partial charge in [-0.15, -0.1) is 11.6 Å². The van der Waals surface area contributed by atoms with E-state index >= 15 is 0 Å². The Bertz CT molecular complexity index is 434. The van der Waals surface area contributed by atoms with Gasteiger partial charge in [0.1, 0.15) is 0 Å². The van der Waals surface area contributed by atoms with Crippen molar-refractivity contribution in [2.24, 2.45) is 0 Å². The summed E-state index contributed by atoms with van der Waals surface area (Å²) in [5.41, 5.74) is 7.23. The van der Waals surface area contributed by atoms with Gasteiger partial charge in [0.05, 0.1) is 5.38 Å². The molecule has 1 unspecified atom stereocenters. The first-order valence-electron chi connectivity index (χ1n) is 6.96. The Morgan fingerprint density at radius 1 is 1.11 bits per heavy atom. The van der Waals surface area contributed by atoms with Crippen LogP contribution in [-0.4, -0.2) is 5.38 Å². The van der Waals surface area contributed by atoms with Crippen molar-refractivity contribution >= 4 is 11.6 Å². The topological polar surface area (TPSA) is 0 Å². The van der Waals surface area contributed by atoms with Crippen molar-refractivity contribution in [2.75, 3.05) is 0 Å². The summed E-state index contributed by atoms with van der Waals surface area (Å²) in [5, 5.41) is 0.244. The molecule has 0 nitrogen and oxygen atoms in total. The average Bonchev–Trinajstić information content (AvgIpc) is 2.48. The Hall–Kier alpha value is -0.750. The molecule has 1 aromatic carbocycles. The quantitative estimate of drug-likeness (QED) is 0.504. The first-order valence-corrected chi connectivity index (χ1v) is 7.40. The molecule has 0 saturated carbocycles. The summed E-state index contributed by atoms with van der Waals surface area (Å²) < 4.78 is 0. The van der Waals surface area contributed by atoms with Crippen molar-refractivity contribution < 1.29 is 0 Å². The van der Waals surface area contributed by atoms with E-state index in [1.54, 1.807) is 0 Å². The first-order chi connectivity index (χ1) is 8.56. The van der Waals surface area contributed by atoms with Crippen molar-refractivity contribution in [2.45, 2.75) is 58.3 Å². The minimum Gasteiger partial charge on any atom is -0.118 e. The Morgan fingerprint density at radius 2 is 1.78 bits per heavy atom. The molecule has 1 heteroatoms. The van der Waals surface area contributed by atoms with Crippen LogP contribution in [0.3, 0.4) is 0 Å². The fourth-order valence-corrected chi connectivity index (χ4v) is 3.31. The number of allylic oxidation sites excluding steroid dienone is 2. The van der Waals surface area contributed by atoms with Gasteiger partial charge in [-0.1, -0.05) is 35.8 Å². The molecule has 0 spiro atoms. The van der Waals surface area contributed by atoms with E-state index in [2.05, 4.69) is 39.0 Å². The van der Waals surface area contributed by atoms with Crippen molar-refractivity contribution in [3.8, 4) is 0 Å². The third-order valence-electron chi connectivity index (χ3n) is 3.89. The van der Waals surface area contributed by atoms with Gasteiger partial charge < -0.3 is 0 Å². The molecule has 0 heterocycles. The molecule has 0 fully saturated rings. The molecule has 0 saturated heterocycles. The molecular weight excluding hydrogens is 240 g/mol.